The largest absolute Gasteiger partial charge is 0.384 e. The predicted molar refractivity (Wildman–Crippen MR) is 54.5 cm³/mol. The maximum atomic E-state index is 7.24. The van der Waals surface area contributed by atoms with Gasteiger partial charge in [-0.3, -0.25) is 15.7 Å². The van der Waals surface area contributed by atoms with Gasteiger partial charge in [0.2, 0.25) is 0 Å². The highest BCUT2D eigenvalue weighted by Gasteiger charge is 2.06. The van der Waals surface area contributed by atoms with Crippen LogP contribution < -0.4 is 11.2 Å². The predicted octanol–water partition coefficient (Wildman–Crippen LogP) is 0.846. The molecule has 1 heterocycles. The minimum absolute atomic E-state index is 0.0844. The van der Waals surface area contributed by atoms with E-state index in [-0.39, 0.29) is 5.84 Å². The summed E-state index contributed by atoms with van der Waals surface area (Å²) in [5.74, 6) is 0.0844. The van der Waals surface area contributed by atoms with Gasteiger partial charge in [0.15, 0.2) is 0 Å². The minimum atomic E-state index is 0.0844. The fraction of sp³-hybridized carbons (Fsp3) is 0.100. The first-order valence-corrected chi connectivity index (χ1v) is 4.30. The van der Waals surface area contributed by atoms with E-state index in [1.54, 1.807) is 0 Å². The van der Waals surface area contributed by atoms with Gasteiger partial charge in [-0.05, 0) is 11.6 Å². The fourth-order valence-corrected chi connectivity index (χ4v) is 1.29. The number of hydrogen-bond acceptors (Lipinski definition) is 3. The van der Waals surface area contributed by atoms with E-state index in [0.717, 1.165) is 16.8 Å². The molecule has 4 N–H and O–H groups in total. The van der Waals surface area contributed by atoms with Crippen LogP contribution in [0.1, 0.15) is 11.1 Å². The standard InChI is InChI=1S/C10H11N3O/c11-10(12)8-3-1-7(2-4-8)9-5-6-14-13-9/h1-5,13H,6H2,(H3,11,12). The molecular formula is C10H11N3O. The molecule has 4 heteroatoms. The monoisotopic (exact) mass is 189 g/mol. The Balaban J connectivity index is 2.25. The lowest BCUT2D eigenvalue weighted by Gasteiger charge is -2.04. The summed E-state index contributed by atoms with van der Waals surface area (Å²) < 4.78 is 0. The molecule has 1 aliphatic rings. The average Bonchev–Trinajstić information content (AvgIpc) is 2.71. The number of hydroxylamine groups is 1. The van der Waals surface area contributed by atoms with E-state index in [9.17, 15) is 0 Å². The fourth-order valence-electron chi connectivity index (χ4n) is 1.29. The van der Waals surface area contributed by atoms with Gasteiger partial charge in [0, 0.05) is 5.56 Å². The Hall–Kier alpha value is -1.81. The summed E-state index contributed by atoms with van der Waals surface area (Å²) in [6, 6.07) is 7.45. The maximum Gasteiger partial charge on any atom is 0.122 e. The molecule has 2 rings (SSSR count). The second kappa shape index (κ2) is 3.51. The highest BCUT2D eigenvalue weighted by molar-refractivity contribution is 5.95. The van der Waals surface area contributed by atoms with Gasteiger partial charge in [-0.15, -0.1) is 0 Å². The topological polar surface area (TPSA) is 71.1 Å². The second-order valence-corrected chi connectivity index (χ2v) is 3.02. The number of amidine groups is 1. The molecule has 0 bridgehead atoms. The Kier molecular flexibility index (Phi) is 2.20. The summed E-state index contributed by atoms with van der Waals surface area (Å²) >= 11 is 0. The van der Waals surface area contributed by atoms with Crippen molar-refractivity contribution in [2.45, 2.75) is 0 Å². The third-order valence-corrected chi connectivity index (χ3v) is 2.06. The highest BCUT2D eigenvalue weighted by atomic mass is 16.6. The van der Waals surface area contributed by atoms with E-state index in [1.165, 1.54) is 0 Å². The van der Waals surface area contributed by atoms with E-state index in [1.807, 2.05) is 30.3 Å². The molecule has 1 aromatic carbocycles. The number of rotatable bonds is 2. The summed E-state index contributed by atoms with van der Waals surface area (Å²) in [4.78, 5) is 4.98. The minimum Gasteiger partial charge on any atom is -0.384 e. The van der Waals surface area contributed by atoms with Gasteiger partial charge in [0.25, 0.3) is 0 Å². The lowest BCUT2D eigenvalue weighted by Crippen LogP contribution is -2.11. The second-order valence-electron chi connectivity index (χ2n) is 3.02. The quantitative estimate of drug-likeness (QED) is 0.477. The molecule has 0 aromatic heterocycles. The van der Waals surface area contributed by atoms with Crippen molar-refractivity contribution in [2.24, 2.45) is 5.73 Å². The zero-order chi connectivity index (χ0) is 9.97. The SMILES string of the molecule is N=C(N)c1ccc(C2=CCON2)cc1. The molecule has 0 fully saturated rings. The van der Waals surface area contributed by atoms with Crippen LogP contribution in [0.5, 0.6) is 0 Å². The van der Waals surface area contributed by atoms with E-state index in [2.05, 4.69) is 5.48 Å². The highest BCUT2D eigenvalue weighted by Crippen LogP contribution is 2.15. The molecule has 0 amide bonds. The normalized spacial score (nSPS) is 14.7. The van der Waals surface area contributed by atoms with Crippen LogP contribution in [0, 0.1) is 5.41 Å². The first-order chi connectivity index (χ1) is 6.77. The summed E-state index contributed by atoms with van der Waals surface area (Å²) in [5.41, 5.74) is 10.9. The first kappa shape index (κ1) is 8.77. The molecule has 72 valence electrons. The molecule has 1 aromatic rings. The van der Waals surface area contributed by atoms with Crippen molar-refractivity contribution in [3.8, 4) is 0 Å². The molecule has 0 atom stereocenters. The van der Waals surface area contributed by atoms with Crippen LogP contribution in [0.3, 0.4) is 0 Å². The number of benzene rings is 1. The first-order valence-electron chi connectivity index (χ1n) is 4.30. The summed E-state index contributed by atoms with van der Waals surface area (Å²) in [5, 5.41) is 7.24. The third-order valence-electron chi connectivity index (χ3n) is 2.06. The van der Waals surface area contributed by atoms with E-state index in [4.69, 9.17) is 16.0 Å². The Morgan fingerprint density at radius 1 is 1.36 bits per heavy atom. The number of nitrogens with two attached hydrogens (primary N) is 1. The lowest BCUT2D eigenvalue weighted by molar-refractivity contribution is 0.121. The van der Waals surface area contributed by atoms with Gasteiger partial charge < -0.3 is 5.73 Å². The average molecular weight is 189 g/mol. The van der Waals surface area contributed by atoms with Crippen molar-refractivity contribution in [3.05, 3.63) is 41.5 Å². The van der Waals surface area contributed by atoms with Crippen LogP contribution in [-0.2, 0) is 4.84 Å². The van der Waals surface area contributed by atoms with Crippen molar-refractivity contribution < 1.29 is 4.84 Å². The van der Waals surface area contributed by atoms with Crippen LogP contribution >= 0.6 is 0 Å². The van der Waals surface area contributed by atoms with E-state index < -0.39 is 0 Å². The van der Waals surface area contributed by atoms with Crippen LogP contribution in [0.15, 0.2) is 30.3 Å². The summed E-state index contributed by atoms with van der Waals surface area (Å²) in [6.07, 6.45) is 1.96. The van der Waals surface area contributed by atoms with E-state index in [0.29, 0.717) is 6.61 Å². The maximum absolute atomic E-state index is 7.24. The van der Waals surface area contributed by atoms with Gasteiger partial charge in [0.1, 0.15) is 5.84 Å². The van der Waals surface area contributed by atoms with Crippen molar-refractivity contribution in [2.75, 3.05) is 6.61 Å². The number of hydrogen-bond donors (Lipinski definition) is 3. The molecule has 0 unspecified atom stereocenters. The lowest BCUT2D eigenvalue weighted by atomic mass is 10.1. The van der Waals surface area contributed by atoms with Crippen LogP contribution in [0.4, 0.5) is 0 Å². The van der Waals surface area contributed by atoms with Gasteiger partial charge >= 0.3 is 0 Å². The molecular weight excluding hydrogens is 178 g/mol. The van der Waals surface area contributed by atoms with Crippen molar-refractivity contribution in [1.82, 2.24) is 5.48 Å². The molecule has 0 radical (unpaired) electrons. The Morgan fingerprint density at radius 2 is 2.07 bits per heavy atom. The molecule has 14 heavy (non-hydrogen) atoms. The van der Waals surface area contributed by atoms with Crippen LogP contribution in [0.2, 0.25) is 0 Å². The van der Waals surface area contributed by atoms with Gasteiger partial charge in [-0.2, -0.15) is 0 Å². The zero-order valence-electron chi connectivity index (χ0n) is 7.58. The molecule has 1 aliphatic heterocycles. The molecule has 0 saturated carbocycles. The van der Waals surface area contributed by atoms with Crippen LogP contribution in [-0.4, -0.2) is 12.4 Å². The Labute approximate surface area is 81.8 Å². The smallest absolute Gasteiger partial charge is 0.122 e. The number of nitrogens with one attached hydrogen (secondary N) is 2. The molecule has 0 saturated heterocycles. The van der Waals surface area contributed by atoms with Crippen LogP contribution in [0.25, 0.3) is 5.70 Å². The van der Waals surface area contributed by atoms with E-state index >= 15 is 0 Å². The van der Waals surface area contributed by atoms with Crippen molar-refractivity contribution in [1.29, 1.82) is 5.41 Å². The molecule has 4 nitrogen and oxygen atoms in total. The Morgan fingerprint density at radius 3 is 2.57 bits per heavy atom. The van der Waals surface area contributed by atoms with Gasteiger partial charge in [-0.1, -0.05) is 24.3 Å². The van der Waals surface area contributed by atoms with Gasteiger partial charge in [0.05, 0.1) is 12.3 Å². The van der Waals surface area contributed by atoms with Crippen molar-refractivity contribution in [3.63, 3.8) is 0 Å². The molecule has 0 spiro atoms. The summed E-state index contributed by atoms with van der Waals surface area (Å²) in [6.45, 7) is 0.587. The molecule has 0 aliphatic carbocycles. The summed E-state index contributed by atoms with van der Waals surface area (Å²) in [7, 11) is 0. The number of nitrogen functional groups attached to an aromatic ring is 1. The Bertz CT molecular complexity index is 381. The third kappa shape index (κ3) is 1.60. The zero-order valence-corrected chi connectivity index (χ0v) is 7.58. The van der Waals surface area contributed by atoms with Crippen molar-refractivity contribution >= 4 is 11.5 Å². The van der Waals surface area contributed by atoms with Gasteiger partial charge in [-0.25, -0.2) is 0 Å².